The van der Waals surface area contributed by atoms with E-state index in [0.717, 1.165) is 17.2 Å². The van der Waals surface area contributed by atoms with E-state index in [1.165, 1.54) is 18.2 Å². The van der Waals surface area contributed by atoms with Gasteiger partial charge in [0.1, 0.15) is 17.1 Å². The first-order valence-electron chi connectivity index (χ1n) is 12.4. The zero-order valence-corrected chi connectivity index (χ0v) is 21.9. The lowest BCUT2D eigenvalue weighted by Gasteiger charge is -2.13. The molecule has 0 amide bonds. The van der Waals surface area contributed by atoms with Crippen LogP contribution in [-0.2, 0) is 19.1 Å². The lowest BCUT2D eigenvalue weighted by molar-refractivity contribution is -0.138. The molecule has 3 rings (SSSR count). The van der Waals surface area contributed by atoms with Crippen LogP contribution >= 0.6 is 0 Å². The Labute approximate surface area is 227 Å². The third-order valence-corrected chi connectivity index (χ3v) is 5.59. The highest BCUT2D eigenvalue weighted by atomic mass is 16.6. The highest BCUT2D eigenvalue weighted by Gasteiger charge is 2.21. The fraction of sp³-hybridized carbons (Fsp3) is 0.226. The van der Waals surface area contributed by atoms with E-state index in [1.807, 2.05) is 26.0 Å². The van der Waals surface area contributed by atoms with Crippen molar-refractivity contribution in [2.24, 2.45) is 0 Å². The van der Waals surface area contributed by atoms with Gasteiger partial charge in [0.15, 0.2) is 0 Å². The van der Waals surface area contributed by atoms with Gasteiger partial charge in [-0.2, -0.15) is 0 Å². The number of hydrogen-bond acceptors (Lipinski definition) is 8. The topological polar surface area (TPSA) is 105 Å². The number of ether oxygens (including phenoxy) is 4. The van der Waals surface area contributed by atoms with Crippen LogP contribution in [0.15, 0.2) is 90.6 Å². The molecular formula is C31H30O8. The van der Waals surface area contributed by atoms with Gasteiger partial charge in [-0.3, -0.25) is 0 Å². The maximum atomic E-state index is 13.0. The van der Waals surface area contributed by atoms with Crippen molar-refractivity contribution in [3.8, 4) is 11.5 Å². The van der Waals surface area contributed by atoms with Crippen LogP contribution in [0.2, 0.25) is 0 Å². The SMILES string of the molecule is C=CC(=O)OCCCCOC(=O)c1cc(OC(=O)C2=CCC=C(C)C=C2)ccc1OC(=O)c1ccc(C)cc1. The molecule has 0 radical (unpaired) electrons. The standard InChI is InChI=1S/C31H30O8/c1-4-28(32)36-18-5-6-19-37-31(35)26-20-25(38-29(33)23-9-7-8-21(2)10-13-23)16-17-27(26)39-30(34)24-14-11-22(3)12-15-24/h4,8-17,20H,1,5-7,18-19H2,2-3H3. The van der Waals surface area contributed by atoms with Crippen LogP contribution in [-0.4, -0.2) is 37.1 Å². The van der Waals surface area contributed by atoms with Crippen molar-refractivity contribution in [1.82, 2.24) is 0 Å². The number of esters is 4. The van der Waals surface area contributed by atoms with Crippen LogP contribution in [0, 0.1) is 6.92 Å². The lowest BCUT2D eigenvalue weighted by atomic mass is 10.1. The Balaban J connectivity index is 1.74. The number of allylic oxidation sites excluding steroid dienone is 4. The lowest BCUT2D eigenvalue weighted by Crippen LogP contribution is -2.15. The number of hydrogen-bond donors (Lipinski definition) is 0. The molecule has 0 heterocycles. The quantitative estimate of drug-likeness (QED) is 0.160. The third-order valence-electron chi connectivity index (χ3n) is 5.59. The van der Waals surface area contributed by atoms with E-state index in [4.69, 9.17) is 18.9 Å². The Kier molecular flexibility index (Phi) is 10.6. The largest absolute Gasteiger partial charge is 0.463 e. The second-order valence-electron chi connectivity index (χ2n) is 8.69. The molecule has 1 aliphatic rings. The van der Waals surface area contributed by atoms with Gasteiger partial charge >= 0.3 is 23.9 Å². The molecule has 0 aliphatic heterocycles. The van der Waals surface area contributed by atoms with Gasteiger partial charge in [0.25, 0.3) is 0 Å². The zero-order valence-electron chi connectivity index (χ0n) is 21.9. The van der Waals surface area contributed by atoms with Crippen molar-refractivity contribution in [3.63, 3.8) is 0 Å². The number of aryl methyl sites for hydroxylation is 1. The van der Waals surface area contributed by atoms with E-state index in [0.29, 0.717) is 30.4 Å². The summed E-state index contributed by atoms with van der Waals surface area (Å²) in [5.74, 6) is -2.50. The molecule has 1 aliphatic carbocycles. The fourth-order valence-electron chi connectivity index (χ4n) is 3.39. The molecule has 0 saturated heterocycles. The average Bonchev–Trinajstić information content (AvgIpc) is 3.15. The van der Waals surface area contributed by atoms with Crippen LogP contribution in [0.1, 0.15) is 52.5 Å². The molecule has 0 aromatic heterocycles. The van der Waals surface area contributed by atoms with Crippen LogP contribution in [0.4, 0.5) is 0 Å². The molecule has 2 aromatic carbocycles. The van der Waals surface area contributed by atoms with E-state index < -0.39 is 23.9 Å². The van der Waals surface area contributed by atoms with E-state index in [-0.39, 0.29) is 30.3 Å². The molecule has 0 saturated carbocycles. The first-order chi connectivity index (χ1) is 18.8. The average molecular weight is 531 g/mol. The van der Waals surface area contributed by atoms with Gasteiger partial charge in [0, 0.05) is 6.08 Å². The van der Waals surface area contributed by atoms with Gasteiger partial charge in [-0.05, 0) is 69.5 Å². The maximum absolute atomic E-state index is 13.0. The minimum Gasteiger partial charge on any atom is -0.463 e. The second kappa shape index (κ2) is 14.3. The number of carbonyl (C=O) groups excluding carboxylic acids is 4. The third kappa shape index (κ3) is 8.96. The number of benzene rings is 2. The minimum absolute atomic E-state index is 0.0316. The summed E-state index contributed by atoms with van der Waals surface area (Å²) in [6.45, 7) is 7.34. The molecule has 0 unspecified atom stereocenters. The fourth-order valence-corrected chi connectivity index (χ4v) is 3.39. The summed E-state index contributed by atoms with van der Waals surface area (Å²) in [5, 5.41) is 0. The van der Waals surface area contributed by atoms with Gasteiger partial charge in [-0.25, -0.2) is 19.2 Å². The Bertz CT molecular complexity index is 1330. The number of rotatable bonds is 11. The van der Waals surface area contributed by atoms with Gasteiger partial charge in [0.2, 0.25) is 0 Å². The van der Waals surface area contributed by atoms with Crippen molar-refractivity contribution >= 4 is 23.9 Å². The van der Waals surface area contributed by atoms with Gasteiger partial charge in [-0.1, -0.05) is 48.1 Å². The predicted octanol–water partition coefficient (Wildman–Crippen LogP) is 5.62. The Morgan fingerprint density at radius 3 is 2.26 bits per heavy atom. The van der Waals surface area contributed by atoms with Crippen LogP contribution in [0.25, 0.3) is 0 Å². The summed E-state index contributed by atoms with van der Waals surface area (Å²) in [5.41, 5.74) is 2.60. The van der Waals surface area contributed by atoms with E-state index >= 15 is 0 Å². The molecule has 39 heavy (non-hydrogen) atoms. The Morgan fingerprint density at radius 2 is 1.54 bits per heavy atom. The first-order valence-corrected chi connectivity index (χ1v) is 12.4. The Morgan fingerprint density at radius 1 is 0.821 bits per heavy atom. The van der Waals surface area contributed by atoms with Gasteiger partial charge in [0.05, 0.1) is 24.4 Å². The molecule has 0 N–H and O–H groups in total. The van der Waals surface area contributed by atoms with Crippen molar-refractivity contribution in [1.29, 1.82) is 0 Å². The second-order valence-corrected chi connectivity index (χ2v) is 8.69. The van der Waals surface area contributed by atoms with Crippen LogP contribution in [0.3, 0.4) is 0 Å². The molecule has 0 spiro atoms. The smallest absolute Gasteiger partial charge is 0.343 e. The maximum Gasteiger partial charge on any atom is 0.343 e. The highest BCUT2D eigenvalue weighted by molar-refractivity contribution is 5.97. The predicted molar refractivity (Wildman–Crippen MR) is 144 cm³/mol. The van der Waals surface area contributed by atoms with Crippen molar-refractivity contribution in [2.75, 3.05) is 13.2 Å². The molecule has 2 aromatic rings. The summed E-state index contributed by atoms with van der Waals surface area (Å²) >= 11 is 0. The molecule has 0 bridgehead atoms. The van der Waals surface area contributed by atoms with Crippen molar-refractivity contribution < 1.29 is 38.1 Å². The zero-order chi connectivity index (χ0) is 28.2. The van der Waals surface area contributed by atoms with E-state index in [1.54, 1.807) is 36.4 Å². The summed E-state index contributed by atoms with van der Waals surface area (Å²) < 4.78 is 21.2. The summed E-state index contributed by atoms with van der Waals surface area (Å²) in [7, 11) is 0. The molecule has 8 nitrogen and oxygen atoms in total. The minimum atomic E-state index is -0.768. The van der Waals surface area contributed by atoms with Crippen LogP contribution < -0.4 is 9.47 Å². The molecular weight excluding hydrogens is 500 g/mol. The first kappa shape index (κ1) is 28.8. The Hall–Kier alpha value is -4.72. The van der Waals surface area contributed by atoms with Gasteiger partial charge < -0.3 is 18.9 Å². The molecule has 202 valence electrons. The molecule has 0 atom stereocenters. The summed E-state index contributed by atoms with van der Waals surface area (Å²) in [4.78, 5) is 49.5. The van der Waals surface area contributed by atoms with Crippen LogP contribution in [0.5, 0.6) is 11.5 Å². The number of carbonyl (C=O) groups is 4. The molecule has 8 heteroatoms. The van der Waals surface area contributed by atoms with E-state index in [9.17, 15) is 19.2 Å². The van der Waals surface area contributed by atoms with Crippen molar-refractivity contribution in [2.45, 2.75) is 33.1 Å². The molecule has 0 fully saturated rings. The highest BCUT2D eigenvalue weighted by Crippen LogP contribution is 2.27. The summed E-state index contributed by atoms with van der Waals surface area (Å²) in [6, 6.07) is 10.9. The normalized spacial score (nSPS) is 12.4. The monoisotopic (exact) mass is 530 g/mol. The van der Waals surface area contributed by atoms with E-state index in [2.05, 4.69) is 6.58 Å². The van der Waals surface area contributed by atoms with Crippen molar-refractivity contribution in [3.05, 3.63) is 107 Å². The number of unbranched alkanes of at least 4 members (excludes halogenated alkanes) is 1. The van der Waals surface area contributed by atoms with Gasteiger partial charge in [-0.15, -0.1) is 0 Å². The summed E-state index contributed by atoms with van der Waals surface area (Å²) in [6.07, 6.45) is 9.75.